The maximum Gasteiger partial charge on any atom is 0.278 e. The normalized spacial score (nSPS) is 11.0. The van der Waals surface area contributed by atoms with Crippen LogP contribution in [0.3, 0.4) is 0 Å². The Hall–Kier alpha value is -2.20. The number of thioether (sulfide) groups is 1. The molecule has 3 aromatic rings. The molecule has 124 valence electrons. The van der Waals surface area contributed by atoms with Gasteiger partial charge >= 0.3 is 0 Å². The summed E-state index contributed by atoms with van der Waals surface area (Å²) in [5.74, 6) is -0.888. The Morgan fingerprint density at radius 2 is 2.29 bits per heavy atom. The van der Waals surface area contributed by atoms with Gasteiger partial charge in [0.25, 0.3) is 5.56 Å². The summed E-state index contributed by atoms with van der Waals surface area (Å²) in [5.41, 5.74) is 0.401. The minimum Gasteiger partial charge on any atom is -0.323 e. The number of aromatic amines is 1. The fourth-order valence-electron chi connectivity index (χ4n) is 2.03. The van der Waals surface area contributed by atoms with E-state index in [2.05, 4.69) is 36.2 Å². The summed E-state index contributed by atoms with van der Waals surface area (Å²) in [6.45, 7) is 0. The molecule has 0 saturated carbocycles. The van der Waals surface area contributed by atoms with Crippen LogP contribution in [0.25, 0.3) is 11.2 Å². The van der Waals surface area contributed by atoms with Gasteiger partial charge in [-0.15, -0.1) is 0 Å². The first-order valence-electron chi connectivity index (χ1n) is 6.73. The number of amides is 1. The van der Waals surface area contributed by atoms with Crippen molar-refractivity contribution in [3.05, 3.63) is 45.2 Å². The number of fused-ring (bicyclic) bond motifs is 1. The fourth-order valence-corrected chi connectivity index (χ4v) is 3.13. The second kappa shape index (κ2) is 6.73. The van der Waals surface area contributed by atoms with E-state index in [4.69, 9.17) is 0 Å². The van der Waals surface area contributed by atoms with Crippen LogP contribution in [-0.4, -0.2) is 31.2 Å². The number of hydrogen-bond acceptors (Lipinski definition) is 5. The van der Waals surface area contributed by atoms with E-state index >= 15 is 0 Å². The Kier molecular flexibility index (Phi) is 4.67. The molecular weight excluding hydrogens is 401 g/mol. The Balaban J connectivity index is 1.71. The van der Waals surface area contributed by atoms with Gasteiger partial charge in [-0.25, -0.2) is 14.4 Å². The molecule has 0 spiro atoms. The number of H-pyrrole nitrogens is 1. The summed E-state index contributed by atoms with van der Waals surface area (Å²) in [6.07, 6.45) is 1.30. The molecule has 0 aliphatic heterocycles. The van der Waals surface area contributed by atoms with E-state index in [9.17, 15) is 14.0 Å². The zero-order valence-electron chi connectivity index (χ0n) is 12.3. The maximum absolute atomic E-state index is 13.7. The van der Waals surface area contributed by atoms with Crippen LogP contribution in [0, 0.1) is 5.82 Å². The summed E-state index contributed by atoms with van der Waals surface area (Å²) in [4.78, 5) is 34.3. The van der Waals surface area contributed by atoms with Crippen LogP contribution >= 0.6 is 27.7 Å². The summed E-state index contributed by atoms with van der Waals surface area (Å²) in [7, 11) is 1.70. The number of halogens is 2. The minimum absolute atomic E-state index is 0.0184. The van der Waals surface area contributed by atoms with Gasteiger partial charge < -0.3 is 14.9 Å². The molecule has 0 aliphatic rings. The molecule has 1 aromatic carbocycles. The Labute approximate surface area is 147 Å². The van der Waals surface area contributed by atoms with E-state index in [1.807, 2.05) is 0 Å². The van der Waals surface area contributed by atoms with Crippen molar-refractivity contribution in [1.29, 1.82) is 0 Å². The van der Waals surface area contributed by atoms with Crippen molar-refractivity contribution in [3.8, 4) is 0 Å². The predicted octanol–water partition coefficient (Wildman–Crippen LogP) is 2.29. The third-order valence-corrected chi connectivity index (χ3v) is 4.68. The summed E-state index contributed by atoms with van der Waals surface area (Å²) in [6, 6.07) is 4.38. The molecule has 0 unspecified atom stereocenters. The molecule has 10 heteroatoms. The van der Waals surface area contributed by atoms with Crippen LogP contribution in [0.5, 0.6) is 0 Å². The molecule has 2 aromatic heterocycles. The van der Waals surface area contributed by atoms with Gasteiger partial charge in [-0.2, -0.15) is 0 Å². The molecule has 0 radical (unpaired) electrons. The van der Waals surface area contributed by atoms with Crippen molar-refractivity contribution in [2.24, 2.45) is 7.05 Å². The lowest BCUT2D eigenvalue weighted by Gasteiger charge is -2.06. The SMILES string of the molecule is Cn1c(SCC(=O)Nc2ccc(Br)cc2F)nc2c(=O)[nH]cnc21. The highest BCUT2D eigenvalue weighted by Crippen LogP contribution is 2.22. The van der Waals surface area contributed by atoms with Crippen molar-refractivity contribution in [2.75, 3.05) is 11.1 Å². The molecule has 0 saturated heterocycles. The van der Waals surface area contributed by atoms with Crippen LogP contribution in [0.1, 0.15) is 0 Å². The predicted molar refractivity (Wildman–Crippen MR) is 92.6 cm³/mol. The van der Waals surface area contributed by atoms with Crippen molar-refractivity contribution in [2.45, 2.75) is 5.16 Å². The first kappa shape index (κ1) is 16.7. The quantitative estimate of drug-likeness (QED) is 0.642. The molecule has 7 nitrogen and oxygen atoms in total. The molecule has 3 rings (SSSR count). The Morgan fingerprint density at radius 3 is 3.00 bits per heavy atom. The lowest BCUT2D eigenvalue weighted by molar-refractivity contribution is -0.113. The summed E-state index contributed by atoms with van der Waals surface area (Å²) in [5, 5.41) is 2.97. The maximum atomic E-state index is 13.7. The molecule has 0 bridgehead atoms. The van der Waals surface area contributed by atoms with E-state index in [1.165, 1.54) is 18.5 Å². The molecule has 0 atom stereocenters. The van der Waals surface area contributed by atoms with E-state index < -0.39 is 5.82 Å². The van der Waals surface area contributed by atoms with Gasteiger partial charge in [0.2, 0.25) is 5.91 Å². The van der Waals surface area contributed by atoms with Gasteiger partial charge in [0.1, 0.15) is 5.82 Å². The Bertz CT molecular complexity index is 987. The van der Waals surface area contributed by atoms with E-state index in [-0.39, 0.29) is 28.4 Å². The largest absolute Gasteiger partial charge is 0.323 e. The topological polar surface area (TPSA) is 92.7 Å². The molecule has 2 N–H and O–H groups in total. The zero-order chi connectivity index (χ0) is 17.3. The number of aromatic nitrogens is 4. The highest BCUT2D eigenvalue weighted by Gasteiger charge is 2.14. The van der Waals surface area contributed by atoms with Crippen LogP contribution in [-0.2, 0) is 11.8 Å². The molecule has 24 heavy (non-hydrogen) atoms. The first-order valence-corrected chi connectivity index (χ1v) is 8.51. The first-order chi connectivity index (χ1) is 11.5. The number of nitrogens with zero attached hydrogens (tertiary/aromatic N) is 3. The number of nitrogens with one attached hydrogen (secondary N) is 2. The molecular formula is C14H11BrFN5O2S. The minimum atomic E-state index is -0.527. The van der Waals surface area contributed by atoms with Crippen molar-refractivity contribution < 1.29 is 9.18 Å². The van der Waals surface area contributed by atoms with Gasteiger partial charge in [0, 0.05) is 11.5 Å². The van der Waals surface area contributed by atoms with Gasteiger partial charge in [-0.05, 0) is 18.2 Å². The lowest BCUT2D eigenvalue weighted by Crippen LogP contribution is -2.15. The summed E-state index contributed by atoms with van der Waals surface area (Å²) < 4.78 is 15.9. The van der Waals surface area contributed by atoms with Crippen LogP contribution in [0.2, 0.25) is 0 Å². The van der Waals surface area contributed by atoms with Gasteiger partial charge in [0.15, 0.2) is 16.3 Å². The highest BCUT2D eigenvalue weighted by atomic mass is 79.9. The number of carbonyl (C=O) groups is 1. The second-order valence-electron chi connectivity index (χ2n) is 4.82. The number of rotatable bonds is 4. The van der Waals surface area contributed by atoms with Crippen LogP contribution in [0.15, 0.2) is 39.0 Å². The average molecular weight is 412 g/mol. The van der Waals surface area contributed by atoms with Crippen LogP contribution in [0.4, 0.5) is 10.1 Å². The van der Waals surface area contributed by atoms with Crippen molar-refractivity contribution in [1.82, 2.24) is 19.5 Å². The summed E-state index contributed by atoms with van der Waals surface area (Å²) >= 11 is 4.29. The molecule has 1 amide bonds. The van der Waals surface area contributed by atoms with Gasteiger partial charge in [0.05, 0.1) is 17.8 Å². The van der Waals surface area contributed by atoms with Gasteiger partial charge in [-0.3, -0.25) is 9.59 Å². The van der Waals surface area contributed by atoms with Crippen molar-refractivity contribution >= 4 is 50.5 Å². The number of aryl methyl sites for hydroxylation is 1. The van der Waals surface area contributed by atoms with E-state index in [0.29, 0.717) is 15.3 Å². The fraction of sp³-hybridized carbons (Fsp3) is 0.143. The number of anilines is 1. The number of benzene rings is 1. The zero-order valence-corrected chi connectivity index (χ0v) is 14.7. The molecule has 2 heterocycles. The number of imidazole rings is 1. The Morgan fingerprint density at radius 1 is 1.50 bits per heavy atom. The standard InChI is InChI=1S/C14H11BrFN5O2S/c1-21-12-11(13(23)18-6-17-12)20-14(21)24-5-10(22)19-9-3-2-7(15)4-8(9)16/h2-4,6H,5H2,1H3,(H,19,22)(H,17,18,23). The highest BCUT2D eigenvalue weighted by molar-refractivity contribution is 9.10. The van der Waals surface area contributed by atoms with E-state index in [0.717, 1.165) is 11.8 Å². The lowest BCUT2D eigenvalue weighted by atomic mass is 10.3. The third kappa shape index (κ3) is 3.34. The third-order valence-electron chi connectivity index (χ3n) is 3.16. The average Bonchev–Trinajstić information content (AvgIpc) is 2.86. The monoisotopic (exact) mass is 411 g/mol. The van der Waals surface area contributed by atoms with E-state index in [1.54, 1.807) is 17.7 Å². The van der Waals surface area contributed by atoms with Crippen molar-refractivity contribution in [3.63, 3.8) is 0 Å². The number of hydrogen-bond donors (Lipinski definition) is 2. The molecule has 0 aliphatic carbocycles. The second-order valence-corrected chi connectivity index (χ2v) is 6.68. The van der Waals surface area contributed by atoms with Crippen LogP contribution < -0.4 is 10.9 Å². The number of carbonyl (C=O) groups excluding carboxylic acids is 1. The smallest absolute Gasteiger partial charge is 0.278 e. The molecule has 0 fully saturated rings. The van der Waals surface area contributed by atoms with Gasteiger partial charge in [-0.1, -0.05) is 27.7 Å².